The number of pyridine rings is 1. The molecule has 0 aliphatic carbocycles. The van der Waals surface area contributed by atoms with Crippen LogP contribution in [-0.2, 0) is 11.3 Å². The van der Waals surface area contributed by atoms with Crippen molar-refractivity contribution in [1.82, 2.24) is 20.1 Å². The summed E-state index contributed by atoms with van der Waals surface area (Å²) in [6, 6.07) is 14.3. The minimum atomic E-state index is -0.182. The average Bonchev–Trinajstić information content (AvgIpc) is 2.84. The van der Waals surface area contributed by atoms with Gasteiger partial charge in [-0.3, -0.25) is 4.90 Å². The third-order valence-electron chi connectivity index (χ3n) is 5.99. The summed E-state index contributed by atoms with van der Waals surface area (Å²) < 4.78 is 5.37. The molecule has 2 N–H and O–H groups in total. The summed E-state index contributed by atoms with van der Waals surface area (Å²) in [5, 5.41) is 5.81. The molecule has 172 valence electrons. The van der Waals surface area contributed by atoms with E-state index in [1.165, 1.54) is 5.56 Å². The maximum absolute atomic E-state index is 12.2. The molecule has 1 aromatic carbocycles. The van der Waals surface area contributed by atoms with Gasteiger partial charge in [0.05, 0.1) is 25.1 Å². The Labute approximate surface area is 190 Å². The van der Waals surface area contributed by atoms with E-state index in [1.54, 1.807) is 6.20 Å². The van der Waals surface area contributed by atoms with Gasteiger partial charge in [0.1, 0.15) is 5.82 Å². The van der Waals surface area contributed by atoms with Crippen molar-refractivity contribution in [2.75, 3.05) is 75.8 Å². The Morgan fingerprint density at radius 1 is 0.938 bits per heavy atom. The number of anilines is 2. The fraction of sp³-hybridized carbons (Fsp3) is 0.500. The molecule has 0 atom stereocenters. The smallest absolute Gasteiger partial charge is 0.319 e. The number of aromatic nitrogens is 1. The zero-order valence-corrected chi connectivity index (χ0v) is 18.7. The first kappa shape index (κ1) is 22.5. The second kappa shape index (κ2) is 11.8. The SMILES string of the molecule is O=C(NCCCN1CCN(Cc2ccccc2)CC1)Nc1ccc(N2CCOCC2)nc1. The van der Waals surface area contributed by atoms with Crippen molar-refractivity contribution in [1.29, 1.82) is 0 Å². The maximum Gasteiger partial charge on any atom is 0.319 e. The van der Waals surface area contributed by atoms with Crippen LogP contribution in [0.4, 0.5) is 16.3 Å². The summed E-state index contributed by atoms with van der Waals surface area (Å²) in [4.78, 5) is 23.8. The van der Waals surface area contributed by atoms with Gasteiger partial charge in [-0.05, 0) is 30.7 Å². The number of rotatable bonds is 8. The van der Waals surface area contributed by atoms with Crippen LogP contribution in [0.1, 0.15) is 12.0 Å². The maximum atomic E-state index is 12.2. The molecule has 32 heavy (non-hydrogen) atoms. The van der Waals surface area contributed by atoms with Crippen LogP contribution >= 0.6 is 0 Å². The fourth-order valence-electron chi connectivity index (χ4n) is 4.13. The molecule has 4 rings (SSSR count). The number of morpholine rings is 1. The topological polar surface area (TPSA) is 73.0 Å². The van der Waals surface area contributed by atoms with Gasteiger partial charge in [-0.25, -0.2) is 9.78 Å². The highest BCUT2D eigenvalue weighted by Crippen LogP contribution is 2.15. The summed E-state index contributed by atoms with van der Waals surface area (Å²) in [5.74, 6) is 0.920. The van der Waals surface area contributed by atoms with E-state index in [9.17, 15) is 4.79 Å². The largest absolute Gasteiger partial charge is 0.378 e. The van der Waals surface area contributed by atoms with Crippen LogP contribution in [0.25, 0.3) is 0 Å². The third-order valence-corrected chi connectivity index (χ3v) is 5.99. The molecular formula is C24H34N6O2. The molecule has 2 aliphatic heterocycles. The first-order valence-corrected chi connectivity index (χ1v) is 11.6. The van der Waals surface area contributed by atoms with Crippen LogP contribution in [0.15, 0.2) is 48.7 Å². The molecule has 3 heterocycles. The number of ether oxygens (including phenoxy) is 1. The number of nitrogens with one attached hydrogen (secondary N) is 2. The van der Waals surface area contributed by atoms with Gasteiger partial charge in [0.2, 0.25) is 0 Å². The minimum Gasteiger partial charge on any atom is -0.378 e. The molecule has 0 radical (unpaired) electrons. The zero-order valence-electron chi connectivity index (χ0n) is 18.7. The summed E-state index contributed by atoms with van der Waals surface area (Å²) in [7, 11) is 0. The first-order valence-electron chi connectivity index (χ1n) is 11.6. The van der Waals surface area contributed by atoms with E-state index in [-0.39, 0.29) is 6.03 Å². The normalized spacial score (nSPS) is 17.8. The number of carbonyl (C=O) groups is 1. The molecule has 0 spiro atoms. The highest BCUT2D eigenvalue weighted by Gasteiger charge is 2.16. The third kappa shape index (κ3) is 6.91. The van der Waals surface area contributed by atoms with Gasteiger partial charge < -0.3 is 25.2 Å². The second-order valence-electron chi connectivity index (χ2n) is 8.34. The number of piperazine rings is 1. The molecule has 2 aromatic rings. The van der Waals surface area contributed by atoms with Gasteiger partial charge in [0.15, 0.2) is 0 Å². The molecule has 2 amide bonds. The van der Waals surface area contributed by atoms with Crippen LogP contribution in [0.3, 0.4) is 0 Å². The number of hydrogen-bond donors (Lipinski definition) is 2. The van der Waals surface area contributed by atoms with Crippen molar-refractivity contribution in [3.63, 3.8) is 0 Å². The van der Waals surface area contributed by atoms with Gasteiger partial charge in [-0.2, -0.15) is 0 Å². The predicted octanol–water partition coefficient (Wildman–Crippen LogP) is 2.25. The van der Waals surface area contributed by atoms with Crippen LogP contribution in [-0.4, -0.2) is 86.4 Å². The van der Waals surface area contributed by atoms with Gasteiger partial charge in [0, 0.05) is 52.4 Å². The number of nitrogens with zero attached hydrogens (tertiary/aromatic N) is 4. The van der Waals surface area contributed by atoms with Gasteiger partial charge >= 0.3 is 6.03 Å². The lowest BCUT2D eigenvalue weighted by Gasteiger charge is -2.34. The number of benzene rings is 1. The van der Waals surface area contributed by atoms with Crippen molar-refractivity contribution in [3.8, 4) is 0 Å². The average molecular weight is 439 g/mol. The van der Waals surface area contributed by atoms with E-state index in [4.69, 9.17) is 4.74 Å². The number of carbonyl (C=O) groups excluding carboxylic acids is 1. The van der Waals surface area contributed by atoms with E-state index in [0.29, 0.717) is 12.2 Å². The van der Waals surface area contributed by atoms with Gasteiger partial charge in [-0.1, -0.05) is 30.3 Å². The standard InChI is InChI=1S/C24H34N6O2/c31-24(27-22-7-8-23(26-19-22)30-15-17-32-18-16-30)25-9-4-10-28-11-13-29(14-12-28)20-21-5-2-1-3-6-21/h1-3,5-8,19H,4,9-18,20H2,(H2,25,27,31). The molecule has 2 aliphatic rings. The predicted molar refractivity (Wildman–Crippen MR) is 127 cm³/mol. The summed E-state index contributed by atoms with van der Waals surface area (Å²) >= 11 is 0. The quantitative estimate of drug-likeness (QED) is 0.616. The van der Waals surface area contributed by atoms with E-state index in [0.717, 1.165) is 77.8 Å². The summed E-state index contributed by atoms with van der Waals surface area (Å²) in [6.07, 6.45) is 2.65. The van der Waals surface area contributed by atoms with Crippen LogP contribution in [0, 0.1) is 0 Å². The molecule has 1 aromatic heterocycles. The molecule has 2 saturated heterocycles. The molecule has 0 saturated carbocycles. The van der Waals surface area contributed by atoms with Crippen LogP contribution in [0.2, 0.25) is 0 Å². The van der Waals surface area contributed by atoms with Gasteiger partial charge in [-0.15, -0.1) is 0 Å². The summed E-state index contributed by atoms with van der Waals surface area (Å²) in [6.45, 7) is 10.2. The Hall–Kier alpha value is -2.68. The fourth-order valence-corrected chi connectivity index (χ4v) is 4.13. The lowest BCUT2D eigenvalue weighted by atomic mass is 10.2. The highest BCUT2D eigenvalue weighted by atomic mass is 16.5. The minimum absolute atomic E-state index is 0.182. The van der Waals surface area contributed by atoms with Crippen LogP contribution < -0.4 is 15.5 Å². The Morgan fingerprint density at radius 3 is 2.41 bits per heavy atom. The van der Waals surface area contributed by atoms with Gasteiger partial charge in [0.25, 0.3) is 0 Å². The molecular weight excluding hydrogens is 404 g/mol. The number of urea groups is 1. The van der Waals surface area contributed by atoms with E-state index >= 15 is 0 Å². The number of amides is 2. The molecule has 2 fully saturated rings. The Balaban J connectivity index is 1.08. The molecule has 8 nitrogen and oxygen atoms in total. The molecule has 0 unspecified atom stereocenters. The first-order chi connectivity index (χ1) is 15.8. The Bertz CT molecular complexity index is 818. The summed E-state index contributed by atoms with van der Waals surface area (Å²) in [5.41, 5.74) is 2.08. The molecule has 8 heteroatoms. The van der Waals surface area contributed by atoms with Crippen molar-refractivity contribution in [2.45, 2.75) is 13.0 Å². The van der Waals surface area contributed by atoms with Crippen molar-refractivity contribution < 1.29 is 9.53 Å². The zero-order chi connectivity index (χ0) is 22.0. The van der Waals surface area contributed by atoms with Crippen LogP contribution in [0.5, 0.6) is 0 Å². The van der Waals surface area contributed by atoms with Crippen molar-refractivity contribution >= 4 is 17.5 Å². The highest BCUT2D eigenvalue weighted by molar-refractivity contribution is 5.89. The van der Waals surface area contributed by atoms with Crippen molar-refractivity contribution in [2.24, 2.45) is 0 Å². The Kier molecular flexibility index (Phi) is 8.30. The lowest BCUT2D eigenvalue weighted by Crippen LogP contribution is -2.46. The van der Waals surface area contributed by atoms with Crippen molar-refractivity contribution in [3.05, 3.63) is 54.2 Å². The molecule has 0 bridgehead atoms. The van der Waals surface area contributed by atoms with E-state index in [2.05, 4.69) is 60.6 Å². The van der Waals surface area contributed by atoms with E-state index in [1.807, 2.05) is 12.1 Å². The number of hydrogen-bond acceptors (Lipinski definition) is 6. The Morgan fingerprint density at radius 2 is 1.69 bits per heavy atom. The monoisotopic (exact) mass is 438 g/mol. The second-order valence-corrected chi connectivity index (χ2v) is 8.34. The van der Waals surface area contributed by atoms with E-state index < -0.39 is 0 Å². The lowest BCUT2D eigenvalue weighted by molar-refractivity contribution is 0.122.